The number of hydrogen-bond donors (Lipinski definition) is 1. The fourth-order valence-corrected chi connectivity index (χ4v) is 2.67. The Hall–Kier alpha value is -2.05. The molecule has 1 aliphatic rings. The molecule has 0 radical (unpaired) electrons. The van der Waals surface area contributed by atoms with Gasteiger partial charge in [-0.05, 0) is 43.4 Å². The van der Waals surface area contributed by atoms with Crippen molar-refractivity contribution in [2.45, 2.75) is 44.8 Å². The first-order valence-corrected chi connectivity index (χ1v) is 7.90. The summed E-state index contributed by atoms with van der Waals surface area (Å²) in [5, 5.41) is 8.96. The lowest BCUT2D eigenvalue weighted by atomic mass is 9.94. The standard InChI is InChI=1S/C17H20F3NO3/c1-2-12(16(24)21(10-15(22)23)14-7-8-14)9-11-3-5-13(6-4-11)17(18,19)20/h3-6,12,14H,2,7-10H2,1H3,(H,22,23). The van der Waals surface area contributed by atoms with Gasteiger partial charge in [-0.15, -0.1) is 0 Å². The molecule has 1 saturated carbocycles. The van der Waals surface area contributed by atoms with Gasteiger partial charge in [-0.25, -0.2) is 0 Å². The summed E-state index contributed by atoms with van der Waals surface area (Å²) in [6, 6.07) is 4.73. The fourth-order valence-electron chi connectivity index (χ4n) is 2.67. The first kappa shape index (κ1) is 18.3. The third-order valence-electron chi connectivity index (χ3n) is 4.18. The van der Waals surface area contributed by atoms with Crippen LogP contribution in [0.1, 0.15) is 37.3 Å². The summed E-state index contributed by atoms with van der Waals surface area (Å²) >= 11 is 0. The molecule has 1 N–H and O–H groups in total. The molecule has 1 aromatic carbocycles. The molecule has 24 heavy (non-hydrogen) atoms. The van der Waals surface area contributed by atoms with Gasteiger partial charge in [-0.3, -0.25) is 9.59 Å². The van der Waals surface area contributed by atoms with E-state index < -0.39 is 23.6 Å². The van der Waals surface area contributed by atoms with Crippen LogP contribution in [0.2, 0.25) is 0 Å². The van der Waals surface area contributed by atoms with E-state index in [1.807, 2.05) is 6.92 Å². The van der Waals surface area contributed by atoms with E-state index in [1.165, 1.54) is 17.0 Å². The van der Waals surface area contributed by atoms with Crippen molar-refractivity contribution in [2.24, 2.45) is 5.92 Å². The van der Waals surface area contributed by atoms with Crippen molar-refractivity contribution in [3.05, 3.63) is 35.4 Å². The lowest BCUT2D eigenvalue weighted by molar-refractivity contribution is -0.146. The highest BCUT2D eigenvalue weighted by atomic mass is 19.4. The summed E-state index contributed by atoms with van der Waals surface area (Å²) in [6.07, 6.45) is -1.98. The quantitative estimate of drug-likeness (QED) is 0.826. The van der Waals surface area contributed by atoms with Crippen molar-refractivity contribution < 1.29 is 27.9 Å². The Morgan fingerprint density at radius 3 is 2.25 bits per heavy atom. The first-order chi connectivity index (χ1) is 11.2. The lowest BCUT2D eigenvalue weighted by Gasteiger charge is -2.25. The summed E-state index contributed by atoms with van der Waals surface area (Å²) in [5.74, 6) is -1.72. The molecule has 1 fully saturated rings. The van der Waals surface area contributed by atoms with Gasteiger partial charge in [0.15, 0.2) is 0 Å². The van der Waals surface area contributed by atoms with Crippen molar-refractivity contribution in [3.63, 3.8) is 0 Å². The second-order valence-corrected chi connectivity index (χ2v) is 6.10. The molecule has 1 aliphatic carbocycles. The number of nitrogens with zero attached hydrogens (tertiary/aromatic N) is 1. The van der Waals surface area contributed by atoms with Crippen LogP contribution in [0.3, 0.4) is 0 Å². The molecule has 0 saturated heterocycles. The van der Waals surface area contributed by atoms with Gasteiger partial charge < -0.3 is 10.0 Å². The van der Waals surface area contributed by atoms with E-state index in [-0.39, 0.29) is 18.5 Å². The van der Waals surface area contributed by atoms with Crippen LogP contribution in [0.4, 0.5) is 13.2 Å². The minimum Gasteiger partial charge on any atom is -0.480 e. The number of amides is 1. The molecule has 1 unspecified atom stereocenters. The predicted octanol–water partition coefficient (Wildman–Crippen LogP) is 3.35. The molecule has 132 valence electrons. The van der Waals surface area contributed by atoms with Gasteiger partial charge in [0.1, 0.15) is 6.54 Å². The van der Waals surface area contributed by atoms with Crippen LogP contribution in [0.5, 0.6) is 0 Å². The number of carboxylic acids is 1. The van der Waals surface area contributed by atoms with Crippen LogP contribution >= 0.6 is 0 Å². The van der Waals surface area contributed by atoms with Crippen molar-refractivity contribution in [3.8, 4) is 0 Å². The van der Waals surface area contributed by atoms with Gasteiger partial charge in [0.05, 0.1) is 5.56 Å². The van der Waals surface area contributed by atoms with Crippen LogP contribution in [-0.2, 0) is 22.2 Å². The molecule has 0 aliphatic heterocycles. The summed E-state index contributed by atoms with van der Waals surface area (Å²) in [5.41, 5.74) is -0.0922. The number of carbonyl (C=O) groups excluding carboxylic acids is 1. The van der Waals surface area contributed by atoms with Crippen molar-refractivity contribution >= 4 is 11.9 Å². The minimum absolute atomic E-state index is 0.0183. The second kappa shape index (κ2) is 7.23. The van der Waals surface area contributed by atoms with Gasteiger partial charge in [-0.2, -0.15) is 13.2 Å². The molecule has 0 aromatic heterocycles. The summed E-state index contributed by atoms with van der Waals surface area (Å²) < 4.78 is 37.7. The number of hydrogen-bond acceptors (Lipinski definition) is 2. The Kier molecular flexibility index (Phi) is 5.51. The fraction of sp³-hybridized carbons (Fsp3) is 0.529. The van der Waals surface area contributed by atoms with Gasteiger partial charge in [0.25, 0.3) is 0 Å². The van der Waals surface area contributed by atoms with E-state index in [0.29, 0.717) is 18.4 Å². The van der Waals surface area contributed by atoms with Gasteiger partial charge in [0.2, 0.25) is 5.91 Å². The maximum atomic E-state index is 12.6. The molecule has 7 heteroatoms. The van der Waals surface area contributed by atoms with E-state index in [1.54, 1.807) is 0 Å². The van der Waals surface area contributed by atoms with Gasteiger partial charge >= 0.3 is 12.1 Å². The van der Waals surface area contributed by atoms with Crippen LogP contribution in [0.25, 0.3) is 0 Å². The largest absolute Gasteiger partial charge is 0.480 e. The number of carbonyl (C=O) groups is 2. The molecule has 1 atom stereocenters. The van der Waals surface area contributed by atoms with E-state index in [9.17, 15) is 22.8 Å². The Labute approximate surface area is 138 Å². The number of halogens is 3. The van der Waals surface area contributed by atoms with Crippen molar-refractivity contribution in [2.75, 3.05) is 6.54 Å². The molecule has 1 aromatic rings. The smallest absolute Gasteiger partial charge is 0.416 e. The van der Waals surface area contributed by atoms with Crippen LogP contribution < -0.4 is 0 Å². The van der Waals surface area contributed by atoms with E-state index in [4.69, 9.17) is 5.11 Å². The number of benzene rings is 1. The molecule has 2 rings (SSSR count). The van der Waals surface area contributed by atoms with E-state index in [2.05, 4.69) is 0 Å². The van der Waals surface area contributed by atoms with Crippen LogP contribution in [0, 0.1) is 5.92 Å². The van der Waals surface area contributed by atoms with Gasteiger partial charge in [0, 0.05) is 12.0 Å². The molecule has 0 heterocycles. The molecule has 4 nitrogen and oxygen atoms in total. The van der Waals surface area contributed by atoms with E-state index >= 15 is 0 Å². The monoisotopic (exact) mass is 343 g/mol. The average molecular weight is 343 g/mol. The second-order valence-electron chi connectivity index (χ2n) is 6.10. The number of aliphatic carboxylic acids is 1. The van der Waals surface area contributed by atoms with Crippen molar-refractivity contribution in [1.82, 2.24) is 4.90 Å². The third-order valence-corrected chi connectivity index (χ3v) is 4.18. The van der Waals surface area contributed by atoms with Crippen LogP contribution in [0.15, 0.2) is 24.3 Å². The normalized spacial score (nSPS) is 15.8. The van der Waals surface area contributed by atoms with E-state index in [0.717, 1.165) is 25.0 Å². The van der Waals surface area contributed by atoms with Crippen molar-refractivity contribution in [1.29, 1.82) is 0 Å². The molecular weight excluding hydrogens is 323 g/mol. The SMILES string of the molecule is CCC(Cc1ccc(C(F)(F)F)cc1)C(=O)N(CC(=O)O)C1CC1. The topological polar surface area (TPSA) is 57.6 Å². The zero-order valence-electron chi connectivity index (χ0n) is 13.3. The lowest BCUT2D eigenvalue weighted by Crippen LogP contribution is -2.41. The highest BCUT2D eigenvalue weighted by Crippen LogP contribution is 2.31. The maximum Gasteiger partial charge on any atom is 0.416 e. The number of alkyl halides is 3. The zero-order chi connectivity index (χ0) is 17.9. The van der Waals surface area contributed by atoms with Crippen LogP contribution in [-0.4, -0.2) is 34.5 Å². The predicted molar refractivity (Wildman–Crippen MR) is 81.3 cm³/mol. The first-order valence-electron chi connectivity index (χ1n) is 7.90. The highest BCUT2D eigenvalue weighted by molar-refractivity contribution is 5.84. The molecular formula is C17H20F3NO3. The Morgan fingerprint density at radius 2 is 1.83 bits per heavy atom. The molecule has 0 bridgehead atoms. The van der Waals surface area contributed by atoms with Gasteiger partial charge in [-0.1, -0.05) is 19.1 Å². The molecule has 1 amide bonds. The Morgan fingerprint density at radius 1 is 1.25 bits per heavy atom. The Bertz CT molecular complexity index is 594. The molecule has 0 spiro atoms. The number of carboxylic acid groups (broad SMARTS) is 1. The maximum absolute atomic E-state index is 12.6. The Balaban J connectivity index is 2.07. The minimum atomic E-state index is -4.39. The summed E-state index contributed by atoms with van der Waals surface area (Å²) in [4.78, 5) is 24.9. The third kappa shape index (κ3) is 4.72. The zero-order valence-corrected chi connectivity index (χ0v) is 13.3. The number of rotatable bonds is 7. The summed E-state index contributed by atoms with van der Waals surface area (Å²) in [7, 11) is 0. The average Bonchev–Trinajstić information content (AvgIpc) is 3.33. The highest BCUT2D eigenvalue weighted by Gasteiger charge is 2.36. The summed E-state index contributed by atoms with van der Waals surface area (Å²) in [6.45, 7) is 1.49.